The fourth-order valence-electron chi connectivity index (χ4n) is 2.29. The van der Waals surface area contributed by atoms with Gasteiger partial charge in [0.05, 0.1) is 11.5 Å². The number of hydrogen-bond donors (Lipinski definition) is 4. The molecule has 1 amide bonds. The van der Waals surface area contributed by atoms with Crippen molar-refractivity contribution in [1.29, 1.82) is 0 Å². The topological polar surface area (TPSA) is 107 Å². The predicted molar refractivity (Wildman–Crippen MR) is 91.9 cm³/mol. The van der Waals surface area contributed by atoms with Gasteiger partial charge in [-0.3, -0.25) is 4.79 Å². The van der Waals surface area contributed by atoms with E-state index in [2.05, 4.69) is 5.32 Å². The molecule has 6 nitrogen and oxygen atoms in total. The molecule has 1 heterocycles. The quantitative estimate of drug-likeness (QED) is 0.536. The zero-order valence-corrected chi connectivity index (χ0v) is 13.7. The summed E-state index contributed by atoms with van der Waals surface area (Å²) in [5.41, 5.74) is 0.717. The lowest BCUT2D eigenvalue weighted by molar-refractivity contribution is -0.121. The van der Waals surface area contributed by atoms with Gasteiger partial charge in [-0.2, -0.15) is 0 Å². The molecule has 0 saturated carbocycles. The molecule has 0 radical (unpaired) electrons. The van der Waals surface area contributed by atoms with Crippen molar-refractivity contribution in [3.05, 3.63) is 57.8 Å². The Bertz CT molecular complexity index is 690. The van der Waals surface area contributed by atoms with Crippen LogP contribution in [-0.2, 0) is 17.6 Å². The van der Waals surface area contributed by atoms with Crippen molar-refractivity contribution < 1.29 is 24.7 Å². The number of carboxylic acids is 1. The van der Waals surface area contributed by atoms with E-state index < -0.39 is 19.0 Å². The Morgan fingerprint density at radius 1 is 1.21 bits per heavy atom. The molecule has 0 unspecified atom stereocenters. The highest BCUT2D eigenvalue weighted by atomic mass is 32.1. The van der Waals surface area contributed by atoms with Crippen molar-refractivity contribution in [2.24, 2.45) is 0 Å². The van der Waals surface area contributed by atoms with Crippen LogP contribution in [0.5, 0.6) is 0 Å². The maximum Gasteiger partial charge on any atom is 0.475 e. The van der Waals surface area contributed by atoms with Crippen molar-refractivity contribution in [2.45, 2.75) is 25.2 Å². The maximum absolute atomic E-state index is 12.0. The number of rotatable bonds is 8. The first-order valence-corrected chi connectivity index (χ1v) is 8.34. The Labute approximate surface area is 143 Å². The van der Waals surface area contributed by atoms with Gasteiger partial charge in [0, 0.05) is 11.3 Å². The minimum absolute atomic E-state index is 0.114. The van der Waals surface area contributed by atoms with Crippen molar-refractivity contribution in [1.82, 2.24) is 5.32 Å². The highest BCUT2D eigenvalue weighted by Crippen LogP contribution is 2.12. The highest BCUT2D eigenvalue weighted by molar-refractivity contribution is 7.09. The molecular weight excluding hydrogens is 329 g/mol. The summed E-state index contributed by atoms with van der Waals surface area (Å²) in [6, 6.07) is 10.0. The summed E-state index contributed by atoms with van der Waals surface area (Å²) in [5.74, 6) is -2.24. The number of carboxylic acid groups (broad SMARTS) is 1. The van der Waals surface area contributed by atoms with Crippen LogP contribution in [0.15, 0.2) is 41.8 Å². The summed E-state index contributed by atoms with van der Waals surface area (Å²) in [6.07, 6.45) is 0.967. The number of hydrogen-bond acceptors (Lipinski definition) is 5. The third-order valence-electron chi connectivity index (χ3n) is 3.51. The van der Waals surface area contributed by atoms with E-state index >= 15 is 0 Å². The second-order valence-corrected chi connectivity index (χ2v) is 6.41. The molecule has 0 saturated heterocycles. The van der Waals surface area contributed by atoms with Gasteiger partial charge < -0.3 is 20.5 Å². The number of aryl methyl sites for hydroxylation is 1. The average Bonchev–Trinajstić information content (AvgIpc) is 3.06. The number of carbonyl (C=O) groups is 2. The number of benzene rings is 1. The molecule has 0 aliphatic heterocycles. The van der Waals surface area contributed by atoms with Gasteiger partial charge >= 0.3 is 13.1 Å². The molecule has 126 valence electrons. The smallest absolute Gasteiger partial charge is 0.475 e. The third-order valence-corrected chi connectivity index (χ3v) is 4.45. The zero-order chi connectivity index (χ0) is 17.5. The SMILES string of the molecule is O=C(CCc1cccs1)N[C@@H](Cc1cccc(C(=O)O)c1)B(O)O. The average molecular weight is 347 g/mol. The summed E-state index contributed by atoms with van der Waals surface area (Å²) in [6.45, 7) is 0. The summed E-state index contributed by atoms with van der Waals surface area (Å²) < 4.78 is 0. The summed E-state index contributed by atoms with van der Waals surface area (Å²) in [4.78, 5) is 24.1. The monoisotopic (exact) mass is 347 g/mol. The molecule has 1 aromatic carbocycles. The Morgan fingerprint density at radius 3 is 2.62 bits per heavy atom. The van der Waals surface area contributed by atoms with Crippen LogP contribution in [0.25, 0.3) is 0 Å². The molecule has 2 rings (SSSR count). The molecule has 2 aromatic rings. The lowest BCUT2D eigenvalue weighted by atomic mass is 9.75. The van der Waals surface area contributed by atoms with E-state index in [9.17, 15) is 19.6 Å². The Kier molecular flexibility index (Phi) is 6.54. The van der Waals surface area contributed by atoms with Crippen LogP contribution in [0, 0.1) is 0 Å². The number of carbonyl (C=O) groups excluding carboxylic acids is 1. The summed E-state index contributed by atoms with van der Waals surface area (Å²) in [5, 5.41) is 32.5. The molecule has 1 aromatic heterocycles. The molecule has 8 heteroatoms. The van der Waals surface area contributed by atoms with E-state index in [1.807, 2.05) is 17.5 Å². The maximum atomic E-state index is 12.0. The van der Waals surface area contributed by atoms with Crippen LogP contribution in [0.4, 0.5) is 0 Å². The largest absolute Gasteiger partial charge is 0.478 e. The van der Waals surface area contributed by atoms with E-state index in [1.54, 1.807) is 23.5 Å². The number of thiophene rings is 1. The molecule has 0 aliphatic carbocycles. The van der Waals surface area contributed by atoms with Crippen molar-refractivity contribution >= 4 is 30.3 Å². The first-order valence-electron chi connectivity index (χ1n) is 7.46. The highest BCUT2D eigenvalue weighted by Gasteiger charge is 2.25. The Balaban J connectivity index is 1.95. The van der Waals surface area contributed by atoms with Gasteiger partial charge in [-0.05, 0) is 42.0 Å². The first kappa shape index (κ1) is 18.2. The summed E-state index contributed by atoms with van der Waals surface area (Å²) in [7, 11) is -1.73. The third kappa shape index (κ3) is 5.49. The van der Waals surface area contributed by atoms with Crippen molar-refractivity contribution in [3.63, 3.8) is 0 Å². The number of amides is 1. The molecule has 4 N–H and O–H groups in total. The predicted octanol–water partition coefficient (Wildman–Crippen LogP) is 1.12. The Hall–Kier alpha value is -2.16. The number of nitrogens with one attached hydrogen (secondary N) is 1. The minimum atomic E-state index is -1.73. The van der Waals surface area contributed by atoms with E-state index in [4.69, 9.17) is 5.11 Å². The normalized spacial score (nSPS) is 11.8. The van der Waals surface area contributed by atoms with Crippen LogP contribution in [0.2, 0.25) is 0 Å². The van der Waals surface area contributed by atoms with Gasteiger partial charge in [-0.15, -0.1) is 11.3 Å². The van der Waals surface area contributed by atoms with Gasteiger partial charge in [0.1, 0.15) is 0 Å². The second kappa shape index (κ2) is 8.63. The van der Waals surface area contributed by atoms with Crippen LogP contribution < -0.4 is 5.32 Å². The molecule has 1 atom stereocenters. The van der Waals surface area contributed by atoms with Crippen LogP contribution in [0.3, 0.4) is 0 Å². The van der Waals surface area contributed by atoms with Crippen LogP contribution >= 0.6 is 11.3 Å². The molecule has 0 spiro atoms. The van der Waals surface area contributed by atoms with Gasteiger partial charge in [0.25, 0.3) is 0 Å². The van der Waals surface area contributed by atoms with E-state index in [-0.39, 0.29) is 24.3 Å². The lowest BCUT2D eigenvalue weighted by Crippen LogP contribution is -2.48. The Morgan fingerprint density at radius 2 is 2.00 bits per heavy atom. The van der Waals surface area contributed by atoms with Gasteiger partial charge in [-0.1, -0.05) is 18.2 Å². The fraction of sp³-hybridized carbons (Fsp3) is 0.250. The zero-order valence-electron chi connectivity index (χ0n) is 12.9. The number of aromatic carboxylic acids is 1. The van der Waals surface area contributed by atoms with E-state index in [1.165, 1.54) is 12.1 Å². The lowest BCUT2D eigenvalue weighted by Gasteiger charge is -2.18. The summed E-state index contributed by atoms with van der Waals surface area (Å²) >= 11 is 1.56. The van der Waals surface area contributed by atoms with Gasteiger partial charge in [0.15, 0.2) is 0 Å². The van der Waals surface area contributed by atoms with Gasteiger partial charge in [-0.25, -0.2) is 4.79 Å². The molecular formula is C16H18BNO5S. The van der Waals surface area contributed by atoms with Crippen LogP contribution in [-0.4, -0.2) is 40.1 Å². The van der Waals surface area contributed by atoms with Crippen LogP contribution in [0.1, 0.15) is 27.2 Å². The first-order chi connectivity index (χ1) is 11.5. The standard InChI is InChI=1S/C16H18BNO5S/c19-15(7-6-13-5-2-8-24-13)18-14(17(22)23)10-11-3-1-4-12(9-11)16(20)21/h1-5,8-9,14,22-23H,6-7,10H2,(H,18,19)(H,20,21)/t14-/m0/s1. The molecule has 0 aliphatic rings. The molecule has 24 heavy (non-hydrogen) atoms. The molecule has 0 fully saturated rings. The van der Waals surface area contributed by atoms with Crippen molar-refractivity contribution in [3.8, 4) is 0 Å². The van der Waals surface area contributed by atoms with E-state index in [0.717, 1.165) is 4.88 Å². The second-order valence-electron chi connectivity index (χ2n) is 5.38. The van der Waals surface area contributed by atoms with E-state index in [0.29, 0.717) is 12.0 Å². The fourth-order valence-corrected chi connectivity index (χ4v) is 3.00. The minimum Gasteiger partial charge on any atom is -0.478 e. The molecule has 0 bridgehead atoms. The van der Waals surface area contributed by atoms with Crippen molar-refractivity contribution in [2.75, 3.05) is 0 Å². The van der Waals surface area contributed by atoms with Gasteiger partial charge in [0.2, 0.25) is 5.91 Å².